The number of hydrogen-bond acceptors (Lipinski definition) is 5. The second-order valence-electron chi connectivity index (χ2n) is 5.73. The smallest absolute Gasteiger partial charge is 0.416 e. The van der Waals surface area contributed by atoms with Gasteiger partial charge >= 0.3 is 12.2 Å². The zero-order valence-electron chi connectivity index (χ0n) is 14.1. The van der Waals surface area contributed by atoms with Gasteiger partial charge in [0, 0.05) is 5.56 Å². The first-order valence-corrected chi connectivity index (χ1v) is 7.66. The Balaban J connectivity index is 1.95. The molecule has 0 aliphatic rings. The van der Waals surface area contributed by atoms with E-state index < -0.39 is 46.6 Å². The van der Waals surface area contributed by atoms with Gasteiger partial charge in [-0.05, 0) is 19.1 Å². The van der Waals surface area contributed by atoms with Crippen LogP contribution < -0.4 is 16.4 Å². The zero-order chi connectivity index (χ0) is 20.6. The number of urea groups is 1. The Morgan fingerprint density at radius 3 is 2.36 bits per heavy atom. The number of nitrogens with zero attached hydrogens (tertiary/aromatic N) is 2. The van der Waals surface area contributed by atoms with Crippen LogP contribution in [0.2, 0.25) is 0 Å². The number of aryl methyl sites for hydroxylation is 1. The third kappa shape index (κ3) is 3.66. The summed E-state index contributed by atoms with van der Waals surface area (Å²) in [6.07, 6.45) is -2.84. The zero-order valence-corrected chi connectivity index (χ0v) is 14.1. The predicted molar refractivity (Wildman–Crippen MR) is 88.3 cm³/mol. The highest BCUT2D eigenvalue weighted by Crippen LogP contribution is 2.39. The van der Waals surface area contributed by atoms with Gasteiger partial charge in [0.2, 0.25) is 5.95 Å². The van der Waals surface area contributed by atoms with Crippen LogP contribution in [0.4, 0.5) is 38.4 Å². The third-order valence-corrected chi connectivity index (χ3v) is 3.81. The molecule has 148 valence electrons. The van der Waals surface area contributed by atoms with Crippen LogP contribution in [0.5, 0.6) is 0 Å². The number of halogens is 5. The Bertz CT molecular complexity index is 1030. The van der Waals surface area contributed by atoms with Gasteiger partial charge in [-0.15, -0.1) is 0 Å². The van der Waals surface area contributed by atoms with Crippen LogP contribution in [0.3, 0.4) is 0 Å². The first kappa shape index (κ1) is 19.3. The van der Waals surface area contributed by atoms with Gasteiger partial charge in [0.1, 0.15) is 11.6 Å². The van der Waals surface area contributed by atoms with Gasteiger partial charge in [0.05, 0.1) is 23.5 Å². The maximum atomic E-state index is 14.0. The average molecular weight is 401 g/mol. The lowest BCUT2D eigenvalue weighted by atomic mass is 10.1. The Labute approximate surface area is 153 Å². The summed E-state index contributed by atoms with van der Waals surface area (Å²) in [4.78, 5) is 19.2. The van der Waals surface area contributed by atoms with Crippen molar-refractivity contribution in [2.24, 2.45) is 0 Å². The van der Waals surface area contributed by atoms with Crippen molar-refractivity contribution in [2.75, 3.05) is 11.1 Å². The molecule has 0 aliphatic carbocycles. The second-order valence-corrected chi connectivity index (χ2v) is 5.73. The molecule has 0 saturated heterocycles. The molecular formula is C16H12F5N5O2. The standard InChI is InChI=1S/C16H12F5N5O2/c1-6-10-8(17)2-3-9(18)12(10)28-11(6)13(16(19,20)21)26-15(27)25-7-4-23-14(22)24-5-7/h2-5,13H,1H3,(H2,22,23,24)(H2,25,26,27)/t13-/m1/s1. The summed E-state index contributed by atoms with van der Waals surface area (Å²) in [6, 6.07) is -2.42. The highest BCUT2D eigenvalue weighted by molar-refractivity contribution is 5.89. The Hall–Kier alpha value is -3.44. The Morgan fingerprint density at radius 2 is 1.79 bits per heavy atom. The molecule has 2 heterocycles. The third-order valence-electron chi connectivity index (χ3n) is 3.81. The van der Waals surface area contributed by atoms with Gasteiger partial charge in [-0.2, -0.15) is 13.2 Å². The Kier molecular flexibility index (Phi) is 4.79. The topological polar surface area (TPSA) is 106 Å². The van der Waals surface area contributed by atoms with Crippen molar-refractivity contribution in [3.63, 3.8) is 0 Å². The van der Waals surface area contributed by atoms with Crippen LogP contribution in [0.15, 0.2) is 28.9 Å². The number of benzene rings is 1. The molecule has 4 N–H and O–H groups in total. The number of anilines is 2. The van der Waals surface area contributed by atoms with Gasteiger partial charge in [-0.1, -0.05) is 0 Å². The number of hydrogen-bond donors (Lipinski definition) is 3. The number of rotatable bonds is 3. The number of furan rings is 1. The van der Waals surface area contributed by atoms with Gasteiger partial charge in [0.25, 0.3) is 0 Å². The SMILES string of the molecule is Cc1c([C@@H](NC(=O)Nc2cnc(N)nc2)C(F)(F)F)oc2c(F)ccc(F)c12. The van der Waals surface area contributed by atoms with Gasteiger partial charge in [-0.3, -0.25) is 0 Å². The number of fused-ring (bicyclic) bond motifs is 1. The molecule has 0 radical (unpaired) electrons. The molecule has 2 amide bonds. The van der Waals surface area contributed by atoms with E-state index in [1.807, 2.05) is 0 Å². The fourth-order valence-electron chi connectivity index (χ4n) is 2.56. The molecule has 0 unspecified atom stereocenters. The largest absolute Gasteiger partial charge is 0.455 e. The summed E-state index contributed by atoms with van der Waals surface area (Å²) in [5.41, 5.74) is 4.30. The first-order chi connectivity index (χ1) is 13.1. The van der Waals surface area contributed by atoms with Gasteiger partial charge in [0.15, 0.2) is 17.4 Å². The molecule has 1 atom stereocenters. The fraction of sp³-hybridized carbons (Fsp3) is 0.188. The van der Waals surface area contributed by atoms with Crippen molar-refractivity contribution in [1.29, 1.82) is 0 Å². The van der Waals surface area contributed by atoms with Crippen molar-refractivity contribution in [3.8, 4) is 0 Å². The minimum absolute atomic E-state index is 0.0222. The molecule has 7 nitrogen and oxygen atoms in total. The van der Waals surface area contributed by atoms with Crippen molar-refractivity contribution in [1.82, 2.24) is 15.3 Å². The van der Waals surface area contributed by atoms with E-state index in [0.717, 1.165) is 31.5 Å². The molecule has 0 bridgehead atoms. The lowest BCUT2D eigenvalue weighted by molar-refractivity contribution is -0.158. The number of carbonyl (C=O) groups is 1. The monoisotopic (exact) mass is 401 g/mol. The van der Waals surface area contributed by atoms with Gasteiger partial charge in [-0.25, -0.2) is 23.5 Å². The van der Waals surface area contributed by atoms with Crippen LogP contribution in [0.25, 0.3) is 11.0 Å². The van der Waals surface area contributed by atoms with Crippen molar-refractivity contribution < 1.29 is 31.2 Å². The Morgan fingerprint density at radius 1 is 1.18 bits per heavy atom. The summed E-state index contributed by atoms with van der Waals surface area (Å²) in [5, 5.41) is 3.34. The number of nitrogens with two attached hydrogens (primary N) is 1. The maximum Gasteiger partial charge on any atom is 0.416 e. The molecule has 12 heteroatoms. The van der Waals surface area contributed by atoms with Crippen LogP contribution in [-0.4, -0.2) is 22.2 Å². The number of carbonyl (C=O) groups excluding carboxylic acids is 1. The number of alkyl halides is 3. The normalized spacial score (nSPS) is 12.8. The summed E-state index contributed by atoms with van der Waals surface area (Å²) in [7, 11) is 0. The van der Waals surface area contributed by atoms with Crippen LogP contribution in [-0.2, 0) is 0 Å². The summed E-state index contributed by atoms with van der Waals surface area (Å²) in [5.74, 6) is -2.92. The van der Waals surface area contributed by atoms with Gasteiger partial charge < -0.3 is 20.8 Å². The van der Waals surface area contributed by atoms with Crippen molar-refractivity contribution in [3.05, 3.63) is 47.5 Å². The minimum Gasteiger partial charge on any atom is -0.455 e. The van der Waals surface area contributed by atoms with E-state index in [9.17, 15) is 26.7 Å². The van der Waals surface area contributed by atoms with Crippen molar-refractivity contribution >= 4 is 28.6 Å². The molecular weight excluding hydrogens is 389 g/mol. The van der Waals surface area contributed by atoms with Crippen LogP contribution in [0.1, 0.15) is 17.4 Å². The molecule has 2 aromatic heterocycles. The molecule has 1 aromatic carbocycles. The molecule has 0 saturated carbocycles. The minimum atomic E-state index is -5.01. The second kappa shape index (κ2) is 6.94. The molecule has 3 aromatic rings. The number of amides is 2. The van der Waals surface area contributed by atoms with E-state index >= 15 is 0 Å². The number of aromatic nitrogens is 2. The maximum absolute atomic E-state index is 14.0. The predicted octanol–water partition coefficient (Wildman–Crippen LogP) is 3.82. The summed E-state index contributed by atoms with van der Waals surface area (Å²) < 4.78 is 73.3. The van der Waals surface area contributed by atoms with E-state index in [4.69, 9.17) is 10.2 Å². The van der Waals surface area contributed by atoms with E-state index in [1.165, 1.54) is 0 Å². The molecule has 0 spiro atoms. The lowest BCUT2D eigenvalue weighted by Gasteiger charge is -2.20. The number of nitrogens with one attached hydrogen (secondary N) is 2. The highest BCUT2D eigenvalue weighted by Gasteiger charge is 2.45. The van der Waals surface area contributed by atoms with Crippen LogP contribution >= 0.6 is 0 Å². The van der Waals surface area contributed by atoms with E-state index in [-0.39, 0.29) is 17.2 Å². The molecule has 0 aliphatic heterocycles. The van der Waals surface area contributed by atoms with E-state index in [0.29, 0.717) is 0 Å². The summed E-state index contributed by atoms with van der Waals surface area (Å²) in [6.45, 7) is 1.13. The molecule has 28 heavy (non-hydrogen) atoms. The van der Waals surface area contributed by atoms with E-state index in [2.05, 4.69) is 15.3 Å². The van der Waals surface area contributed by atoms with Crippen molar-refractivity contribution in [2.45, 2.75) is 19.1 Å². The fourth-order valence-corrected chi connectivity index (χ4v) is 2.56. The first-order valence-electron chi connectivity index (χ1n) is 7.66. The van der Waals surface area contributed by atoms with E-state index in [1.54, 1.807) is 5.32 Å². The average Bonchev–Trinajstić information content (AvgIpc) is 2.95. The molecule has 0 fully saturated rings. The lowest BCUT2D eigenvalue weighted by Crippen LogP contribution is -2.40. The number of nitrogen functional groups attached to an aromatic ring is 1. The quantitative estimate of drug-likeness (QED) is 0.579. The van der Waals surface area contributed by atoms with Crippen LogP contribution in [0, 0.1) is 18.6 Å². The highest BCUT2D eigenvalue weighted by atomic mass is 19.4. The molecule has 3 rings (SSSR count). The summed E-state index contributed by atoms with van der Waals surface area (Å²) >= 11 is 0.